The molecular weight excluding hydrogens is 269 g/mol. The smallest absolute Gasteiger partial charge is 0.124 e. The Morgan fingerprint density at radius 3 is 2.65 bits per heavy atom. The van der Waals surface area contributed by atoms with E-state index in [1.54, 1.807) is 23.9 Å². The van der Waals surface area contributed by atoms with Crippen LogP contribution in [0.5, 0.6) is 0 Å². The van der Waals surface area contributed by atoms with Gasteiger partial charge in [-0.05, 0) is 36.8 Å². The molecule has 0 radical (unpaired) electrons. The summed E-state index contributed by atoms with van der Waals surface area (Å²) in [6.45, 7) is 7.19. The van der Waals surface area contributed by atoms with E-state index in [4.69, 9.17) is 0 Å². The van der Waals surface area contributed by atoms with Gasteiger partial charge in [0.2, 0.25) is 0 Å². The van der Waals surface area contributed by atoms with E-state index in [0.717, 1.165) is 11.4 Å². The van der Waals surface area contributed by atoms with Gasteiger partial charge in [-0.3, -0.25) is 0 Å². The minimum Gasteiger partial charge on any atom is -0.310 e. The van der Waals surface area contributed by atoms with Crippen molar-refractivity contribution in [3.05, 3.63) is 59.4 Å². The number of hydrogen-bond acceptors (Lipinski definition) is 2. The van der Waals surface area contributed by atoms with Crippen molar-refractivity contribution in [3.63, 3.8) is 0 Å². The maximum Gasteiger partial charge on any atom is 0.124 e. The van der Waals surface area contributed by atoms with Gasteiger partial charge in [0.05, 0.1) is 0 Å². The second kappa shape index (κ2) is 6.91. The SMILES string of the molecule is Cc1ccc(Sc2cccc(F)c2)c(CNC(C)C)c1. The van der Waals surface area contributed by atoms with Crippen molar-refractivity contribution in [2.24, 2.45) is 0 Å². The Kier molecular flexibility index (Phi) is 5.21. The lowest BCUT2D eigenvalue weighted by molar-refractivity contribution is 0.584. The van der Waals surface area contributed by atoms with E-state index >= 15 is 0 Å². The molecule has 20 heavy (non-hydrogen) atoms. The molecule has 1 N–H and O–H groups in total. The third kappa shape index (κ3) is 4.36. The third-order valence-electron chi connectivity index (χ3n) is 2.94. The van der Waals surface area contributed by atoms with Crippen LogP contribution in [0.1, 0.15) is 25.0 Å². The van der Waals surface area contributed by atoms with Gasteiger partial charge < -0.3 is 5.32 Å². The zero-order valence-corrected chi connectivity index (χ0v) is 12.9. The van der Waals surface area contributed by atoms with Crippen LogP contribution >= 0.6 is 11.8 Å². The summed E-state index contributed by atoms with van der Waals surface area (Å²) in [4.78, 5) is 2.11. The fourth-order valence-corrected chi connectivity index (χ4v) is 2.89. The molecule has 0 amide bonds. The molecule has 0 aliphatic carbocycles. The Balaban J connectivity index is 2.21. The Morgan fingerprint density at radius 2 is 1.95 bits per heavy atom. The van der Waals surface area contributed by atoms with Gasteiger partial charge in [0.1, 0.15) is 5.82 Å². The summed E-state index contributed by atoms with van der Waals surface area (Å²) in [6, 6.07) is 13.6. The molecule has 3 heteroatoms. The summed E-state index contributed by atoms with van der Waals surface area (Å²) >= 11 is 1.61. The lowest BCUT2D eigenvalue weighted by Crippen LogP contribution is -2.22. The van der Waals surface area contributed by atoms with E-state index in [-0.39, 0.29) is 5.82 Å². The fourth-order valence-electron chi connectivity index (χ4n) is 1.92. The second-order valence-electron chi connectivity index (χ2n) is 5.21. The normalized spacial score (nSPS) is 11.1. The van der Waals surface area contributed by atoms with Crippen molar-refractivity contribution in [2.75, 3.05) is 0 Å². The van der Waals surface area contributed by atoms with Gasteiger partial charge in [-0.1, -0.05) is 49.4 Å². The molecule has 2 aromatic carbocycles. The molecule has 0 aromatic heterocycles. The Labute approximate surface area is 124 Å². The van der Waals surface area contributed by atoms with Crippen molar-refractivity contribution < 1.29 is 4.39 Å². The number of aryl methyl sites for hydroxylation is 1. The molecular formula is C17H20FNS. The highest BCUT2D eigenvalue weighted by molar-refractivity contribution is 7.99. The van der Waals surface area contributed by atoms with Gasteiger partial charge in [0.15, 0.2) is 0 Å². The topological polar surface area (TPSA) is 12.0 Å². The average molecular weight is 289 g/mol. The average Bonchev–Trinajstić information content (AvgIpc) is 2.39. The summed E-state index contributed by atoms with van der Waals surface area (Å²) in [5, 5.41) is 3.44. The van der Waals surface area contributed by atoms with Crippen LogP contribution in [0, 0.1) is 12.7 Å². The Morgan fingerprint density at radius 1 is 1.15 bits per heavy atom. The first-order chi connectivity index (χ1) is 9.54. The fraction of sp³-hybridized carbons (Fsp3) is 0.294. The van der Waals surface area contributed by atoms with Crippen molar-refractivity contribution >= 4 is 11.8 Å². The monoisotopic (exact) mass is 289 g/mol. The zero-order chi connectivity index (χ0) is 14.5. The van der Waals surface area contributed by atoms with Crippen molar-refractivity contribution in [2.45, 2.75) is 43.1 Å². The van der Waals surface area contributed by atoms with Gasteiger partial charge in [-0.25, -0.2) is 4.39 Å². The van der Waals surface area contributed by atoms with Crippen LogP contribution < -0.4 is 5.32 Å². The summed E-state index contributed by atoms with van der Waals surface area (Å²) in [5.74, 6) is -0.191. The standard InChI is InChI=1S/C17H20FNS/c1-12(2)19-11-14-9-13(3)7-8-17(14)20-16-6-4-5-15(18)10-16/h4-10,12,19H,11H2,1-3H3. The second-order valence-corrected chi connectivity index (χ2v) is 6.32. The molecule has 0 bridgehead atoms. The van der Waals surface area contributed by atoms with Crippen molar-refractivity contribution in [1.82, 2.24) is 5.32 Å². The van der Waals surface area contributed by atoms with Crippen LogP contribution in [0.2, 0.25) is 0 Å². The van der Waals surface area contributed by atoms with E-state index in [0.29, 0.717) is 6.04 Å². The molecule has 2 aromatic rings. The van der Waals surface area contributed by atoms with Gasteiger partial charge in [0, 0.05) is 22.4 Å². The van der Waals surface area contributed by atoms with Crippen LogP contribution in [0.15, 0.2) is 52.3 Å². The van der Waals surface area contributed by atoms with E-state index in [1.165, 1.54) is 22.1 Å². The maximum absolute atomic E-state index is 13.3. The molecule has 0 saturated heterocycles. The number of benzene rings is 2. The predicted octanol–water partition coefficient (Wildman–Crippen LogP) is 4.78. The van der Waals surface area contributed by atoms with Crippen LogP contribution in [0.3, 0.4) is 0 Å². The number of halogens is 1. The minimum atomic E-state index is -0.191. The van der Waals surface area contributed by atoms with Crippen LogP contribution in [-0.4, -0.2) is 6.04 Å². The highest BCUT2D eigenvalue weighted by Gasteiger charge is 2.06. The van der Waals surface area contributed by atoms with E-state index < -0.39 is 0 Å². The highest BCUT2D eigenvalue weighted by atomic mass is 32.2. The maximum atomic E-state index is 13.3. The Bertz CT molecular complexity index is 581. The molecule has 2 rings (SSSR count). The lowest BCUT2D eigenvalue weighted by atomic mass is 10.1. The molecule has 0 aliphatic rings. The van der Waals surface area contributed by atoms with E-state index in [2.05, 4.69) is 44.3 Å². The van der Waals surface area contributed by atoms with Crippen LogP contribution in [0.25, 0.3) is 0 Å². The van der Waals surface area contributed by atoms with Crippen molar-refractivity contribution in [1.29, 1.82) is 0 Å². The molecule has 0 fully saturated rings. The summed E-state index contributed by atoms with van der Waals surface area (Å²) < 4.78 is 13.3. The van der Waals surface area contributed by atoms with Gasteiger partial charge >= 0.3 is 0 Å². The first-order valence-electron chi connectivity index (χ1n) is 6.81. The molecule has 0 saturated carbocycles. The van der Waals surface area contributed by atoms with Gasteiger partial charge in [-0.2, -0.15) is 0 Å². The van der Waals surface area contributed by atoms with E-state index in [1.807, 2.05) is 6.07 Å². The van der Waals surface area contributed by atoms with Crippen LogP contribution in [-0.2, 0) is 6.54 Å². The number of nitrogens with one attached hydrogen (secondary N) is 1. The molecule has 106 valence electrons. The van der Waals surface area contributed by atoms with Crippen molar-refractivity contribution in [3.8, 4) is 0 Å². The summed E-state index contributed by atoms with van der Waals surface area (Å²) in [7, 11) is 0. The lowest BCUT2D eigenvalue weighted by Gasteiger charge is -2.13. The highest BCUT2D eigenvalue weighted by Crippen LogP contribution is 2.31. The largest absolute Gasteiger partial charge is 0.310 e. The van der Waals surface area contributed by atoms with Gasteiger partial charge in [0.25, 0.3) is 0 Å². The molecule has 0 heterocycles. The number of rotatable bonds is 5. The summed E-state index contributed by atoms with van der Waals surface area (Å²) in [6.07, 6.45) is 0. The Hall–Kier alpha value is -1.32. The quantitative estimate of drug-likeness (QED) is 0.850. The first kappa shape index (κ1) is 15.1. The summed E-state index contributed by atoms with van der Waals surface area (Å²) in [5.41, 5.74) is 2.50. The minimum absolute atomic E-state index is 0.191. The molecule has 1 nitrogen and oxygen atoms in total. The first-order valence-corrected chi connectivity index (χ1v) is 7.62. The zero-order valence-electron chi connectivity index (χ0n) is 12.1. The number of hydrogen-bond donors (Lipinski definition) is 1. The molecule has 0 atom stereocenters. The third-order valence-corrected chi connectivity index (χ3v) is 4.05. The molecule has 0 aliphatic heterocycles. The molecule has 0 unspecified atom stereocenters. The predicted molar refractivity (Wildman–Crippen MR) is 83.7 cm³/mol. The molecule has 0 spiro atoms. The van der Waals surface area contributed by atoms with Gasteiger partial charge in [-0.15, -0.1) is 0 Å². The van der Waals surface area contributed by atoms with E-state index in [9.17, 15) is 4.39 Å². The van der Waals surface area contributed by atoms with Crippen LogP contribution in [0.4, 0.5) is 4.39 Å².